The molecule has 3 aromatic rings. The molecule has 0 saturated carbocycles. The van der Waals surface area contributed by atoms with Gasteiger partial charge in [-0.1, -0.05) is 41.2 Å². The number of hydrogen-bond donors (Lipinski definition) is 1. The van der Waals surface area contributed by atoms with Crippen molar-refractivity contribution in [3.63, 3.8) is 0 Å². The Labute approximate surface area is 175 Å². The fourth-order valence-electron chi connectivity index (χ4n) is 2.68. The molecule has 6 nitrogen and oxygen atoms in total. The van der Waals surface area contributed by atoms with Crippen LogP contribution in [0.1, 0.15) is 46.8 Å². The second-order valence-electron chi connectivity index (χ2n) is 6.94. The van der Waals surface area contributed by atoms with E-state index in [1.165, 1.54) is 11.8 Å². The number of nitrogens with zero attached hydrogens (tertiary/aromatic N) is 2. The van der Waals surface area contributed by atoms with Crippen molar-refractivity contribution in [2.75, 3.05) is 0 Å². The van der Waals surface area contributed by atoms with Crippen molar-refractivity contribution in [2.45, 2.75) is 50.8 Å². The SMILES string of the molecule is Cc1cc(CSc2ncccc2C(=O)NCc2cccc(COC(C)C)c2)no1. The molecule has 0 atom stereocenters. The summed E-state index contributed by atoms with van der Waals surface area (Å²) in [5, 5.41) is 7.63. The van der Waals surface area contributed by atoms with Crippen LogP contribution in [0.4, 0.5) is 0 Å². The Hall–Kier alpha value is -2.64. The quantitative estimate of drug-likeness (QED) is 0.522. The summed E-state index contributed by atoms with van der Waals surface area (Å²) >= 11 is 1.46. The van der Waals surface area contributed by atoms with Gasteiger partial charge in [-0.25, -0.2) is 4.98 Å². The van der Waals surface area contributed by atoms with Gasteiger partial charge in [-0.3, -0.25) is 4.79 Å². The maximum Gasteiger partial charge on any atom is 0.254 e. The minimum atomic E-state index is -0.152. The predicted molar refractivity (Wildman–Crippen MR) is 113 cm³/mol. The molecule has 7 heteroatoms. The van der Waals surface area contributed by atoms with Crippen LogP contribution in [0.25, 0.3) is 0 Å². The maximum atomic E-state index is 12.7. The van der Waals surface area contributed by atoms with Crippen LogP contribution in [0.5, 0.6) is 0 Å². The number of amides is 1. The Morgan fingerprint density at radius 3 is 2.79 bits per heavy atom. The molecule has 1 aromatic carbocycles. The topological polar surface area (TPSA) is 77.2 Å². The van der Waals surface area contributed by atoms with Gasteiger partial charge in [-0.05, 0) is 44.0 Å². The summed E-state index contributed by atoms with van der Waals surface area (Å²) in [4.78, 5) is 17.1. The summed E-state index contributed by atoms with van der Waals surface area (Å²) < 4.78 is 10.7. The number of aryl methyl sites for hydroxylation is 1. The molecule has 0 fully saturated rings. The van der Waals surface area contributed by atoms with Gasteiger partial charge in [0.2, 0.25) is 0 Å². The van der Waals surface area contributed by atoms with Crippen LogP contribution in [0.15, 0.2) is 58.2 Å². The average Bonchev–Trinajstić information content (AvgIpc) is 3.14. The monoisotopic (exact) mass is 411 g/mol. The number of benzene rings is 1. The average molecular weight is 412 g/mol. The number of aromatic nitrogens is 2. The lowest BCUT2D eigenvalue weighted by Gasteiger charge is -2.11. The Kier molecular flexibility index (Phi) is 7.43. The van der Waals surface area contributed by atoms with Gasteiger partial charge in [0, 0.05) is 24.6 Å². The summed E-state index contributed by atoms with van der Waals surface area (Å²) in [6.45, 7) is 6.87. The van der Waals surface area contributed by atoms with Crippen molar-refractivity contribution in [3.05, 3.63) is 76.8 Å². The van der Waals surface area contributed by atoms with E-state index < -0.39 is 0 Å². The third-order valence-electron chi connectivity index (χ3n) is 4.08. The molecule has 0 aliphatic rings. The van der Waals surface area contributed by atoms with Crippen molar-refractivity contribution in [1.29, 1.82) is 0 Å². The van der Waals surface area contributed by atoms with Gasteiger partial charge in [0.05, 0.1) is 24.0 Å². The van der Waals surface area contributed by atoms with E-state index in [0.717, 1.165) is 22.6 Å². The fraction of sp³-hybridized carbons (Fsp3) is 0.318. The van der Waals surface area contributed by atoms with Crippen LogP contribution in [0, 0.1) is 6.92 Å². The Morgan fingerprint density at radius 2 is 2.03 bits per heavy atom. The molecule has 1 amide bonds. The van der Waals surface area contributed by atoms with Crippen LogP contribution in [0.3, 0.4) is 0 Å². The van der Waals surface area contributed by atoms with Crippen molar-refractivity contribution in [2.24, 2.45) is 0 Å². The summed E-state index contributed by atoms with van der Waals surface area (Å²) in [5.74, 6) is 1.20. The largest absolute Gasteiger partial charge is 0.374 e. The van der Waals surface area contributed by atoms with Gasteiger partial charge in [0.15, 0.2) is 0 Å². The van der Waals surface area contributed by atoms with Crippen molar-refractivity contribution >= 4 is 17.7 Å². The molecule has 0 spiro atoms. The Morgan fingerprint density at radius 1 is 1.21 bits per heavy atom. The van der Waals surface area contributed by atoms with Crippen LogP contribution >= 0.6 is 11.8 Å². The standard InChI is InChI=1S/C22H25N3O3S/c1-15(2)27-13-18-7-4-6-17(11-18)12-24-21(26)20-8-5-9-23-22(20)29-14-19-10-16(3)28-25-19/h4-11,15H,12-14H2,1-3H3,(H,24,26). The van der Waals surface area contributed by atoms with Crippen LogP contribution in [-0.2, 0) is 23.6 Å². The highest BCUT2D eigenvalue weighted by atomic mass is 32.2. The fourth-order valence-corrected chi connectivity index (χ4v) is 3.55. The second-order valence-corrected chi connectivity index (χ2v) is 7.90. The minimum Gasteiger partial charge on any atom is -0.374 e. The number of pyridine rings is 1. The van der Waals surface area contributed by atoms with Crippen molar-refractivity contribution in [3.8, 4) is 0 Å². The van der Waals surface area contributed by atoms with Gasteiger partial charge in [-0.2, -0.15) is 0 Å². The van der Waals surface area contributed by atoms with E-state index >= 15 is 0 Å². The molecule has 29 heavy (non-hydrogen) atoms. The molecule has 0 aliphatic heterocycles. The first-order valence-corrected chi connectivity index (χ1v) is 10.5. The zero-order valence-corrected chi connectivity index (χ0v) is 17.7. The summed E-state index contributed by atoms with van der Waals surface area (Å²) in [7, 11) is 0. The summed E-state index contributed by atoms with van der Waals surface area (Å²) in [6.07, 6.45) is 1.87. The molecular formula is C22H25N3O3S. The van der Waals surface area contributed by atoms with Crippen LogP contribution in [0.2, 0.25) is 0 Å². The second kappa shape index (κ2) is 10.2. The zero-order chi connectivity index (χ0) is 20.6. The Bertz CT molecular complexity index is 956. The van der Waals surface area contributed by atoms with E-state index in [2.05, 4.69) is 21.5 Å². The minimum absolute atomic E-state index is 0.152. The third kappa shape index (κ3) is 6.44. The van der Waals surface area contributed by atoms with Crippen LogP contribution in [-0.4, -0.2) is 22.2 Å². The van der Waals surface area contributed by atoms with Gasteiger partial charge >= 0.3 is 0 Å². The van der Waals surface area contributed by atoms with E-state index in [1.54, 1.807) is 18.3 Å². The van der Waals surface area contributed by atoms with E-state index in [9.17, 15) is 4.79 Å². The highest BCUT2D eigenvalue weighted by Crippen LogP contribution is 2.24. The molecule has 1 N–H and O–H groups in total. The third-order valence-corrected chi connectivity index (χ3v) is 5.12. The summed E-state index contributed by atoms with van der Waals surface area (Å²) in [6, 6.07) is 13.5. The first-order chi connectivity index (χ1) is 14.0. The van der Waals surface area contributed by atoms with E-state index in [4.69, 9.17) is 9.26 Å². The number of rotatable bonds is 9. The number of nitrogens with one attached hydrogen (secondary N) is 1. The molecule has 152 valence electrons. The molecule has 0 radical (unpaired) electrons. The molecule has 0 aliphatic carbocycles. The maximum absolute atomic E-state index is 12.7. The Balaban J connectivity index is 1.60. The van der Waals surface area contributed by atoms with Crippen molar-refractivity contribution < 1.29 is 14.1 Å². The molecule has 2 aromatic heterocycles. The zero-order valence-electron chi connectivity index (χ0n) is 16.8. The molecule has 0 unspecified atom stereocenters. The van der Waals surface area contributed by atoms with Crippen molar-refractivity contribution in [1.82, 2.24) is 15.5 Å². The molecule has 0 saturated heterocycles. The van der Waals surface area contributed by atoms with Crippen LogP contribution < -0.4 is 5.32 Å². The smallest absolute Gasteiger partial charge is 0.254 e. The lowest BCUT2D eigenvalue weighted by molar-refractivity contribution is 0.0657. The normalized spacial score (nSPS) is 11.0. The molecular weight excluding hydrogens is 386 g/mol. The predicted octanol–water partition coefficient (Wildman–Crippen LogP) is 4.53. The van der Waals surface area contributed by atoms with E-state index in [1.807, 2.05) is 45.0 Å². The number of ether oxygens (including phenoxy) is 1. The highest BCUT2D eigenvalue weighted by molar-refractivity contribution is 7.98. The molecule has 3 rings (SSSR count). The van der Waals surface area contributed by atoms with Gasteiger partial charge in [0.25, 0.3) is 5.91 Å². The number of hydrogen-bond acceptors (Lipinski definition) is 6. The lowest BCUT2D eigenvalue weighted by Crippen LogP contribution is -2.23. The number of carbonyl (C=O) groups excluding carboxylic acids is 1. The molecule has 2 heterocycles. The van der Waals surface area contributed by atoms with E-state index in [-0.39, 0.29) is 12.0 Å². The first-order valence-electron chi connectivity index (χ1n) is 9.49. The van der Waals surface area contributed by atoms with E-state index in [0.29, 0.717) is 29.5 Å². The number of carbonyl (C=O) groups is 1. The molecule has 0 bridgehead atoms. The highest BCUT2D eigenvalue weighted by Gasteiger charge is 2.13. The first kappa shape index (κ1) is 21.1. The van der Waals surface area contributed by atoms with Gasteiger partial charge in [-0.15, -0.1) is 0 Å². The lowest BCUT2D eigenvalue weighted by atomic mass is 10.1. The van der Waals surface area contributed by atoms with Gasteiger partial charge in [0.1, 0.15) is 10.8 Å². The van der Waals surface area contributed by atoms with Gasteiger partial charge < -0.3 is 14.6 Å². The summed E-state index contributed by atoms with van der Waals surface area (Å²) in [5.41, 5.74) is 3.49. The number of thioether (sulfide) groups is 1.